The molecule has 3 aliphatic rings. The van der Waals surface area contributed by atoms with Crippen molar-refractivity contribution in [3.63, 3.8) is 0 Å². The molecule has 0 spiro atoms. The maximum Gasteiger partial charge on any atom is 0.274 e. The molecule has 4 heterocycles. The number of hydrogen-bond acceptors (Lipinski definition) is 8. The van der Waals surface area contributed by atoms with Crippen molar-refractivity contribution in [1.82, 2.24) is 19.4 Å². The first-order chi connectivity index (χ1) is 18.9. The highest BCUT2D eigenvalue weighted by Gasteiger charge is 2.36. The molecule has 1 atom stereocenters. The summed E-state index contributed by atoms with van der Waals surface area (Å²) in [7, 11) is 2.16. The standard InChI is InChI=1S/C30H35N7O2/c1-30(18-38)17-33-27-22(14-31)11-21(12-24(27)30)25-5-8-32-29(34-25)35-26-13-23(20-6-9-36(2)10-7-20)16-37(28(26)39)15-19-3-4-19/h5,8,11-13,16,19-20,33,38H,3-4,6-7,9-10,15,17-18H2,1-2H3,(H,32,34,35)/t30-/m1/s1. The number of rotatable bonds is 7. The van der Waals surface area contributed by atoms with E-state index in [1.54, 1.807) is 12.3 Å². The summed E-state index contributed by atoms with van der Waals surface area (Å²) in [6.07, 6.45) is 8.23. The molecule has 1 saturated carbocycles. The quantitative estimate of drug-likeness (QED) is 0.426. The largest absolute Gasteiger partial charge is 0.395 e. The van der Waals surface area contributed by atoms with Crippen LogP contribution in [0.4, 0.5) is 17.3 Å². The van der Waals surface area contributed by atoms with E-state index in [1.807, 2.05) is 29.7 Å². The molecule has 2 fully saturated rings. The number of nitrogens with one attached hydrogen (secondary N) is 2. The lowest BCUT2D eigenvalue weighted by molar-refractivity contribution is 0.219. The van der Waals surface area contributed by atoms with Crippen molar-refractivity contribution in [2.24, 2.45) is 5.92 Å². The lowest BCUT2D eigenvalue weighted by atomic mass is 9.83. The number of aliphatic hydroxyl groups is 1. The van der Waals surface area contributed by atoms with E-state index in [0.29, 0.717) is 41.3 Å². The van der Waals surface area contributed by atoms with E-state index >= 15 is 0 Å². The maximum atomic E-state index is 13.5. The van der Waals surface area contributed by atoms with E-state index in [1.165, 1.54) is 18.4 Å². The monoisotopic (exact) mass is 525 g/mol. The first-order valence-electron chi connectivity index (χ1n) is 13.8. The first-order valence-corrected chi connectivity index (χ1v) is 13.8. The summed E-state index contributed by atoms with van der Waals surface area (Å²) >= 11 is 0. The van der Waals surface area contributed by atoms with Crippen LogP contribution in [-0.2, 0) is 12.0 Å². The Morgan fingerprint density at radius 3 is 2.74 bits per heavy atom. The molecule has 1 aromatic carbocycles. The minimum Gasteiger partial charge on any atom is -0.395 e. The van der Waals surface area contributed by atoms with E-state index in [-0.39, 0.29) is 12.2 Å². The van der Waals surface area contributed by atoms with Crippen molar-refractivity contribution in [2.75, 3.05) is 43.9 Å². The van der Waals surface area contributed by atoms with Crippen LogP contribution in [0.15, 0.2) is 41.5 Å². The third kappa shape index (κ3) is 5.02. The molecule has 6 rings (SSSR count). The highest BCUT2D eigenvalue weighted by atomic mass is 16.3. The van der Waals surface area contributed by atoms with Crippen LogP contribution in [0.1, 0.15) is 55.2 Å². The molecule has 0 unspecified atom stereocenters. The average Bonchev–Trinajstić information content (AvgIpc) is 3.71. The van der Waals surface area contributed by atoms with E-state index in [2.05, 4.69) is 39.8 Å². The number of hydrogen-bond donors (Lipinski definition) is 3. The van der Waals surface area contributed by atoms with Crippen molar-refractivity contribution in [3.05, 3.63) is 63.7 Å². The Bertz CT molecular complexity index is 1500. The second-order valence-corrected chi connectivity index (χ2v) is 11.7. The molecule has 1 saturated heterocycles. The van der Waals surface area contributed by atoms with E-state index in [0.717, 1.165) is 49.3 Å². The van der Waals surface area contributed by atoms with E-state index in [4.69, 9.17) is 4.98 Å². The lowest BCUT2D eigenvalue weighted by Gasteiger charge is -2.29. The summed E-state index contributed by atoms with van der Waals surface area (Å²) in [5.74, 6) is 1.34. The summed E-state index contributed by atoms with van der Waals surface area (Å²) in [6, 6.07) is 9.86. The lowest BCUT2D eigenvalue weighted by Crippen LogP contribution is -2.30. The third-order valence-corrected chi connectivity index (χ3v) is 8.56. The molecule has 0 radical (unpaired) electrons. The number of piperidine rings is 1. The fourth-order valence-electron chi connectivity index (χ4n) is 5.79. The molecular formula is C30H35N7O2. The van der Waals surface area contributed by atoms with Gasteiger partial charge in [0.2, 0.25) is 5.95 Å². The van der Waals surface area contributed by atoms with Crippen LogP contribution in [-0.4, -0.2) is 57.8 Å². The van der Waals surface area contributed by atoms with Crippen LogP contribution in [0, 0.1) is 17.2 Å². The fraction of sp³-hybridized carbons (Fsp3) is 0.467. The second kappa shape index (κ2) is 10.1. The predicted octanol–water partition coefficient (Wildman–Crippen LogP) is 3.82. The molecule has 202 valence electrons. The number of nitriles is 1. The molecule has 9 heteroatoms. The molecule has 3 aromatic rings. The number of nitrogens with zero attached hydrogens (tertiary/aromatic N) is 5. The van der Waals surface area contributed by atoms with Gasteiger partial charge in [-0.1, -0.05) is 6.92 Å². The average molecular weight is 526 g/mol. The van der Waals surface area contributed by atoms with Crippen molar-refractivity contribution in [3.8, 4) is 17.3 Å². The minimum atomic E-state index is -0.480. The number of pyridine rings is 1. The number of anilines is 3. The van der Waals surface area contributed by atoms with Crippen LogP contribution in [0.2, 0.25) is 0 Å². The van der Waals surface area contributed by atoms with Gasteiger partial charge in [-0.2, -0.15) is 5.26 Å². The maximum absolute atomic E-state index is 13.5. The Hall–Kier alpha value is -3.74. The SMILES string of the molecule is CN1CCC(c2cc(Nc3nccc(-c4cc(C#N)c5c(c4)[C@@](C)(CO)CN5)n3)c(=O)n(CC3CC3)c2)CC1. The van der Waals surface area contributed by atoms with Crippen LogP contribution in [0.25, 0.3) is 11.3 Å². The van der Waals surface area contributed by atoms with Crippen molar-refractivity contribution < 1.29 is 5.11 Å². The summed E-state index contributed by atoms with van der Waals surface area (Å²) in [5, 5.41) is 26.4. The van der Waals surface area contributed by atoms with Crippen LogP contribution in [0.3, 0.4) is 0 Å². The van der Waals surface area contributed by atoms with Gasteiger partial charge in [0.05, 0.1) is 23.6 Å². The van der Waals surface area contributed by atoms with Crippen LogP contribution in [0.5, 0.6) is 0 Å². The van der Waals surface area contributed by atoms with Gasteiger partial charge in [0.1, 0.15) is 11.8 Å². The Kier molecular flexibility index (Phi) is 6.61. The molecule has 3 N–H and O–H groups in total. The number of aromatic nitrogens is 3. The van der Waals surface area contributed by atoms with Gasteiger partial charge in [-0.05, 0) is 93.0 Å². The number of fused-ring (bicyclic) bond motifs is 1. The number of aliphatic hydroxyl groups excluding tert-OH is 1. The van der Waals surface area contributed by atoms with Crippen molar-refractivity contribution in [1.29, 1.82) is 5.26 Å². The zero-order chi connectivity index (χ0) is 27.1. The van der Waals surface area contributed by atoms with Crippen LogP contribution >= 0.6 is 0 Å². The molecule has 0 bridgehead atoms. The second-order valence-electron chi connectivity index (χ2n) is 11.7. The van der Waals surface area contributed by atoms with Gasteiger partial charge in [0, 0.05) is 36.5 Å². The van der Waals surface area contributed by atoms with Gasteiger partial charge in [-0.25, -0.2) is 9.97 Å². The molecule has 39 heavy (non-hydrogen) atoms. The third-order valence-electron chi connectivity index (χ3n) is 8.56. The molecule has 2 aromatic heterocycles. The molecule has 2 aliphatic heterocycles. The zero-order valence-corrected chi connectivity index (χ0v) is 22.6. The van der Waals surface area contributed by atoms with E-state index < -0.39 is 5.41 Å². The van der Waals surface area contributed by atoms with Gasteiger partial charge in [-0.3, -0.25) is 4.79 Å². The highest BCUT2D eigenvalue weighted by Crippen LogP contribution is 2.41. The van der Waals surface area contributed by atoms with Gasteiger partial charge < -0.3 is 25.2 Å². The Morgan fingerprint density at radius 2 is 2.03 bits per heavy atom. The first kappa shape index (κ1) is 25.5. The molecule has 9 nitrogen and oxygen atoms in total. The van der Waals surface area contributed by atoms with Crippen molar-refractivity contribution in [2.45, 2.75) is 50.5 Å². The Balaban J connectivity index is 1.34. The number of likely N-dealkylation sites (tertiary alicyclic amines) is 1. The van der Waals surface area contributed by atoms with Crippen molar-refractivity contribution >= 4 is 17.3 Å². The summed E-state index contributed by atoms with van der Waals surface area (Å²) < 4.78 is 1.87. The van der Waals surface area contributed by atoms with Gasteiger partial charge in [0.15, 0.2) is 0 Å². The normalized spacial score (nSPS) is 21.3. The Labute approximate surface area is 228 Å². The van der Waals surface area contributed by atoms with Crippen LogP contribution < -0.4 is 16.2 Å². The van der Waals surface area contributed by atoms with Gasteiger partial charge in [0.25, 0.3) is 5.56 Å². The Morgan fingerprint density at radius 1 is 1.23 bits per heavy atom. The minimum absolute atomic E-state index is 0.0291. The highest BCUT2D eigenvalue weighted by molar-refractivity contribution is 5.76. The smallest absolute Gasteiger partial charge is 0.274 e. The topological polar surface area (TPSA) is 119 Å². The summed E-state index contributed by atoms with van der Waals surface area (Å²) in [6.45, 7) is 5.37. The fourth-order valence-corrected chi connectivity index (χ4v) is 5.79. The van der Waals surface area contributed by atoms with E-state index in [9.17, 15) is 15.2 Å². The predicted molar refractivity (Wildman–Crippen MR) is 151 cm³/mol. The summed E-state index contributed by atoms with van der Waals surface area (Å²) in [4.78, 5) is 25.0. The number of benzene rings is 1. The molecule has 0 amide bonds. The molecule has 1 aliphatic carbocycles. The zero-order valence-electron chi connectivity index (χ0n) is 22.6. The molecular weight excluding hydrogens is 490 g/mol. The van der Waals surface area contributed by atoms with Gasteiger partial charge in [-0.15, -0.1) is 0 Å². The summed E-state index contributed by atoms with van der Waals surface area (Å²) in [5.41, 5.74) is 4.75. The van der Waals surface area contributed by atoms with Gasteiger partial charge >= 0.3 is 0 Å².